The van der Waals surface area contributed by atoms with E-state index in [0.29, 0.717) is 16.9 Å². The van der Waals surface area contributed by atoms with Crippen LogP contribution < -0.4 is 0 Å². The molecule has 0 aromatic carbocycles. The van der Waals surface area contributed by atoms with Crippen LogP contribution in [0.15, 0.2) is 36.9 Å². The fraction of sp³-hybridized carbons (Fsp3) is 0.263. The van der Waals surface area contributed by atoms with Gasteiger partial charge >= 0.3 is 12.1 Å². The van der Waals surface area contributed by atoms with Gasteiger partial charge < -0.3 is 5.11 Å². The summed E-state index contributed by atoms with van der Waals surface area (Å²) < 4.78 is 45.4. The van der Waals surface area contributed by atoms with Crippen molar-refractivity contribution in [2.45, 2.75) is 33.0 Å². The highest BCUT2D eigenvalue weighted by Gasteiger charge is 2.40. The number of carboxylic acid groups (broad SMARTS) is 1. The quantitative estimate of drug-likeness (QED) is 0.541. The maximum absolute atomic E-state index is 13.7. The molecule has 0 aliphatic rings. The number of aromatic nitrogens is 6. The van der Waals surface area contributed by atoms with Crippen LogP contribution in [0.2, 0.25) is 0 Å². The van der Waals surface area contributed by atoms with Crippen LogP contribution in [-0.2, 0) is 6.18 Å². The molecule has 30 heavy (non-hydrogen) atoms. The van der Waals surface area contributed by atoms with Gasteiger partial charge in [-0.25, -0.2) is 14.0 Å². The van der Waals surface area contributed by atoms with Gasteiger partial charge in [0.15, 0.2) is 5.69 Å². The van der Waals surface area contributed by atoms with E-state index in [1.165, 1.54) is 32.5 Å². The number of fused-ring (bicyclic) bond motifs is 1. The SMILES string of the molecule is Cc1c(-c2cnn3ccc(-n4cc(C(=O)O)cn4)cc23)c(C(F)(F)F)nn1C(C)C. The second-order valence-electron chi connectivity index (χ2n) is 7.10. The van der Waals surface area contributed by atoms with E-state index in [9.17, 15) is 18.0 Å². The molecule has 4 aromatic rings. The van der Waals surface area contributed by atoms with E-state index in [1.54, 1.807) is 39.1 Å². The number of carbonyl (C=O) groups is 1. The Morgan fingerprint density at radius 1 is 1.20 bits per heavy atom. The van der Waals surface area contributed by atoms with Gasteiger partial charge in [-0.1, -0.05) is 0 Å². The maximum Gasteiger partial charge on any atom is 0.435 e. The van der Waals surface area contributed by atoms with Crippen molar-refractivity contribution in [3.05, 3.63) is 53.9 Å². The third-order valence-corrected chi connectivity index (χ3v) is 4.78. The summed E-state index contributed by atoms with van der Waals surface area (Å²) in [6, 6.07) is 2.99. The summed E-state index contributed by atoms with van der Waals surface area (Å²) >= 11 is 0. The minimum Gasteiger partial charge on any atom is -0.478 e. The zero-order chi connectivity index (χ0) is 21.8. The van der Waals surface area contributed by atoms with E-state index < -0.39 is 17.8 Å². The number of nitrogens with zero attached hydrogens (tertiary/aromatic N) is 6. The molecule has 4 aromatic heterocycles. The van der Waals surface area contributed by atoms with Crippen molar-refractivity contribution in [1.29, 1.82) is 0 Å². The first-order valence-electron chi connectivity index (χ1n) is 9.00. The molecule has 0 radical (unpaired) electrons. The summed E-state index contributed by atoms with van der Waals surface area (Å²) in [6.45, 7) is 5.11. The number of rotatable bonds is 4. The second kappa shape index (κ2) is 6.71. The molecule has 0 unspecified atom stereocenters. The van der Waals surface area contributed by atoms with Crippen LogP contribution in [0.5, 0.6) is 0 Å². The number of pyridine rings is 1. The Hall–Kier alpha value is -3.63. The van der Waals surface area contributed by atoms with E-state index in [-0.39, 0.29) is 22.7 Å². The van der Waals surface area contributed by atoms with Gasteiger partial charge in [0.25, 0.3) is 0 Å². The fourth-order valence-electron chi connectivity index (χ4n) is 3.42. The molecule has 11 heteroatoms. The van der Waals surface area contributed by atoms with Crippen molar-refractivity contribution in [3.63, 3.8) is 0 Å². The van der Waals surface area contributed by atoms with Crippen molar-refractivity contribution in [2.75, 3.05) is 0 Å². The molecule has 1 N–H and O–H groups in total. The van der Waals surface area contributed by atoms with E-state index >= 15 is 0 Å². The Balaban J connectivity index is 1.93. The molecule has 0 saturated carbocycles. The molecular formula is C19H17F3N6O2. The Labute approximate surface area is 168 Å². The summed E-state index contributed by atoms with van der Waals surface area (Å²) in [5, 5.41) is 21.1. The van der Waals surface area contributed by atoms with Crippen molar-refractivity contribution < 1.29 is 23.1 Å². The Kier molecular flexibility index (Phi) is 4.40. The smallest absolute Gasteiger partial charge is 0.435 e. The lowest BCUT2D eigenvalue weighted by molar-refractivity contribution is -0.141. The molecule has 4 rings (SSSR count). The summed E-state index contributed by atoms with van der Waals surface area (Å²) in [5.74, 6) is -1.13. The first-order valence-corrected chi connectivity index (χ1v) is 9.00. The van der Waals surface area contributed by atoms with Crippen molar-refractivity contribution in [2.24, 2.45) is 0 Å². The predicted molar refractivity (Wildman–Crippen MR) is 101 cm³/mol. The Bertz CT molecular complexity index is 1270. The van der Waals surface area contributed by atoms with Gasteiger partial charge in [0, 0.05) is 35.3 Å². The standard InChI is InChI=1S/C19H17F3N6O2/c1-10(2)28-11(3)16(17(25-28)19(20,21)22)14-8-24-26-5-4-13(6-15(14)26)27-9-12(7-23-27)18(29)30/h4-10H,1-3H3,(H,29,30). The number of hydrogen-bond acceptors (Lipinski definition) is 4. The number of aromatic carboxylic acids is 1. The number of hydrogen-bond donors (Lipinski definition) is 1. The van der Waals surface area contributed by atoms with Gasteiger partial charge in [0.1, 0.15) is 0 Å². The molecule has 0 aliphatic carbocycles. The van der Waals surface area contributed by atoms with Crippen molar-refractivity contribution >= 4 is 11.5 Å². The summed E-state index contributed by atoms with van der Waals surface area (Å²) in [5.41, 5.74) is 0.549. The molecule has 0 fully saturated rings. The van der Waals surface area contributed by atoms with E-state index in [1.807, 2.05) is 0 Å². The van der Waals surface area contributed by atoms with Crippen LogP contribution >= 0.6 is 0 Å². The van der Waals surface area contributed by atoms with Gasteiger partial charge in [-0.3, -0.25) is 4.68 Å². The zero-order valence-electron chi connectivity index (χ0n) is 16.2. The molecule has 0 amide bonds. The van der Waals surface area contributed by atoms with E-state index in [0.717, 1.165) is 0 Å². The lowest BCUT2D eigenvalue weighted by atomic mass is 10.0. The molecule has 0 spiro atoms. The fourth-order valence-corrected chi connectivity index (χ4v) is 3.42. The Morgan fingerprint density at radius 3 is 2.53 bits per heavy atom. The lowest BCUT2D eigenvalue weighted by Crippen LogP contribution is -2.10. The highest BCUT2D eigenvalue weighted by atomic mass is 19.4. The molecule has 0 bridgehead atoms. The third-order valence-electron chi connectivity index (χ3n) is 4.78. The van der Waals surface area contributed by atoms with Gasteiger partial charge in [0.05, 0.1) is 29.2 Å². The summed E-state index contributed by atoms with van der Waals surface area (Å²) in [6.07, 6.45) is 0.834. The van der Waals surface area contributed by atoms with Gasteiger partial charge in [-0.15, -0.1) is 0 Å². The van der Waals surface area contributed by atoms with E-state index in [2.05, 4.69) is 15.3 Å². The highest BCUT2D eigenvalue weighted by Crippen LogP contribution is 2.40. The van der Waals surface area contributed by atoms with Crippen LogP contribution in [0, 0.1) is 6.92 Å². The largest absolute Gasteiger partial charge is 0.478 e. The normalized spacial score (nSPS) is 12.2. The number of alkyl halides is 3. The number of carboxylic acids is 1. The first kappa shape index (κ1) is 19.7. The lowest BCUT2D eigenvalue weighted by Gasteiger charge is -2.08. The topological polar surface area (TPSA) is 90.2 Å². The predicted octanol–water partition coefficient (Wildman–Crippen LogP) is 3.99. The van der Waals surface area contributed by atoms with Crippen molar-refractivity contribution in [1.82, 2.24) is 29.2 Å². The average Bonchev–Trinajstić information content (AvgIpc) is 3.36. The zero-order valence-corrected chi connectivity index (χ0v) is 16.2. The minimum atomic E-state index is -4.63. The van der Waals surface area contributed by atoms with Crippen LogP contribution in [-0.4, -0.2) is 40.3 Å². The molecule has 0 atom stereocenters. The van der Waals surface area contributed by atoms with Gasteiger partial charge in [0.2, 0.25) is 0 Å². The van der Waals surface area contributed by atoms with Crippen molar-refractivity contribution in [3.8, 4) is 16.8 Å². The van der Waals surface area contributed by atoms with Crippen LogP contribution in [0.25, 0.3) is 22.3 Å². The minimum absolute atomic E-state index is 0.00276. The molecule has 4 heterocycles. The third kappa shape index (κ3) is 3.11. The highest BCUT2D eigenvalue weighted by molar-refractivity contribution is 5.87. The first-order chi connectivity index (χ1) is 14.1. The molecule has 0 aliphatic heterocycles. The average molecular weight is 418 g/mol. The van der Waals surface area contributed by atoms with Gasteiger partial charge in [-0.2, -0.15) is 28.5 Å². The van der Waals surface area contributed by atoms with Gasteiger partial charge in [-0.05, 0) is 32.9 Å². The molecule has 8 nitrogen and oxygen atoms in total. The molecule has 0 saturated heterocycles. The van der Waals surface area contributed by atoms with Crippen LogP contribution in [0.1, 0.15) is 41.6 Å². The number of halogens is 3. The molecule has 156 valence electrons. The summed E-state index contributed by atoms with van der Waals surface area (Å²) in [7, 11) is 0. The monoisotopic (exact) mass is 418 g/mol. The van der Waals surface area contributed by atoms with E-state index in [4.69, 9.17) is 5.11 Å². The maximum atomic E-state index is 13.7. The van der Waals surface area contributed by atoms with Crippen LogP contribution in [0.4, 0.5) is 13.2 Å². The Morgan fingerprint density at radius 2 is 1.93 bits per heavy atom. The van der Waals surface area contributed by atoms with Crippen LogP contribution in [0.3, 0.4) is 0 Å². The summed E-state index contributed by atoms with van der Waals surface area (Å²) in [4.78, 5) is 11.1. The molecular weight excluding hydrogens is 401 g/mol. The second-order valence-corrected chi connectivity index (χ2v) is 7.10.